The van der Waals surface area contributed by atoms with Crippen LogP contribution >= 0.6 is 0 Å². The highest BCUT2D eigenvalue weighted by atomic mass is 16.5. The molecule has 22 heavy (non-hydrogen) atoms. The lowest BCUT2D eigenvalue weighted by atomic mass is 10.2. The number of hydroxylamine groups is 2. The molecule has 1 aromatic rings. The van der Waals surface area contributed by atoms with Crippen molar-refractivity contribution in [2.75, 3.05) is 25.1 Å². The molecule has 1 aromatic carbocycles. The number of anilines is 1. The van der Waals surface area contributed by atoms with E-state index in [1.54, 1.807) is 25.6 Å². The highest BCUT2D eigenvalue weighted by Crippen LogP contribution is 2.37. The zero-order valence-electron chi connectivity index (χ0n) is 12.5. The number of ether oxygens (including phenoxy) is 1. The van der Waals surface area contributed by atoms with Crippen molar-refractivity contribution >= 4 is 11.9 Å². The Kier molecular flexibility index (Phi) is 3.28. The summed E-state index contributed by atoms with van der Waals surface area (Å²) in [6.45, 7) is 1.87. The third-order valence-corrected chi connectivity index (χ3v) is 4.75. The molecular weight excluding hydrogens is 280 g/mol. The normalized spacial score (nSPS) is 30.4. The van der Waals surface area contributed by atoms with Crippen LogP contribution in [0.5, 0.6) is 5.75 Å². The Hall–Kier alpha value is -2.05. The number of aliphatic imine (C=N–C) groups is 1. The summed E-state index contributed by atoms with van der Waals surface area (Å²) in [5, 5.41) is 11.2. The molecule has 2 saturated heterocycles. The average molecular weight is 300 g/mol. The summed E-state index contributed by atoms with van der Waals surface area (Å²) < 4.78 is 5.32. The predicted molar refractivity (Wildman–Crippen MR) is 84.3 cm³/mol. The van der Waals surface area contributed by atoms with Gasteiger partial charge in [0, 0.05) is 49.3 Å². The van der Waals surface area contributed by atoms with Crippen LogP contribution in [0.3, 0.4) is 0 Å². The number of methoxy groups -OCH3 is 1. The van der Waals surface area contributed by atoms with Crippen LogP contribution in [0.25, 0.3) is 0 Å². The van der Waals surface area contributed by atoms with E-state index in [0.29, 0.717) is 12.1 Å². The first-order chi connectivity index (χ1) is 10.8. The first-order valence-electron chi connectivity index (χ1n) is 7.60. The third kappa shape index (κ3) is 2.15. The molecule has 4 rings (SSSR count). The Morgan fingerprint density at radius 2 is 2.18 bits per heavy atom. The standard InChI is InChI=1S/C16H20N4O2/c1-22-15-5-2-4-12(9-15)18-10-14-8-13(18)11-19(14)16-17-6-3-7-20(16)21/h2-7,9,13-14,16,21H,8,10-11H2,1H3/t13-,14-,16?/m0/s1. The van der Waals surface area contributed by atoms with Gasteiger partial charge in [0.15, 0.2) is 0 Å². The number of hydrogen-bond donors (Lipinski definition) is 1. The van der Waals surface area contributed by atoms with E-state index in [9.17, 15) is 5.21 Å². The van der Waals surface area contributed by atoms with Crippen molar-refractivity contribution in [2.24, 2.45) is 4.99 Å². The van der Waals surface area contributed by atoms with Crippen molar-refractivity contribution < 1.29 is 9.94 Å². The molecule has 2 bridgehead atoms. The summed E-state index contributed by atoms with van der Waals surface area (Å²) >= 11 is 0. The van der Waals surface area contributed by atoms with Crippen LogP contribution in [0, 0.1) is 0 Å². The Morgan fingerprint density at radius 1 is 1.27 bits per heavy atom. The molecular formula is C16H20N4O2. The topological polar surface area (TPSA) is 51.5 Å². The van der Waals surface area contributed by atoms with Crippen LogP contribution in [0.2, 0.25) is 0 Å². The minimum atomic E-state index is -0.285. The van der Waals surface area contributed by atoms with Crippen LogP contribution in [0.4, 0.5) is 5.69 Å². The van der Waals surface area contributed by atoms with E-state index in [2.05, 4.69) is 26.9 Å². The van der Waals surface area contributed by atoms with E-state index in [0.717, 1.165) is 25.3 Å². The smallest absolute Gasteiger partial charge is 0.201 e. The molecule has 2 fully saturated rings. The molecule has 0 saturated carbocycles. The Bertz CT molecular complexity index is 618. The van der Waals surface area contributed by atoms with Gasteiger partial charge in [-0.25, -0.2) is 5.06 Å². The molecule has 0 aromatic heterocycles. The van der Waals surface area contributed by atoms with Gasteiger partial charge < -0.3 is 9.64 Å². The fraction of sp³-hybridized carbons (Fsp3) is 0.438. The van der Waals surface area contributed by atoms with Gasteiger partial charge in [0.25, 0.3) is 0 Å². The number of fused-ring (bicyclic) bond motifs is 2. The Morgan fingerprint density at radius 3 is 2.91 bits per heavy atom. The first kappa shape index (κ1) is 13.6. The van der Waals surface area contributed by atoms with Gasteiger partial charge in [-0.05, 0) is 24.6 Å². The SMILES string of the molecule is COc1cccc(N2C[C@@H]3C[C@H]2CN3C2N=CC=CN2O)c1. The van der Waals surface area contributed by atoms with Crippen molar-refractivity contribution in [3.63, 3.8) is 0 Å². The van der Waals surface area contributed by atoms with Crippen LogP contribution in [0.15, 0.2) is 41.5 Å². The molecule has 3 aliphatic rings. The number of likely N-dealkylation sites (tertiary alicyclic amines) is 1. The fourth-order valence-electron chi connectivity index (χ4n) is 3.72. The molecule has 1 unspecified atom stereocenters. The van der Waals surface area contributed by atoms with Gasteiger partial charge in [0.2, 0.25) is 6.29 Å². The summed E-state index contributed by atoms with van der Waals surface area (Å²) in [5.41, 5.74) is 1.21. The van der Waals surface area contributed by atoms with Gasteiger partial charge in [-0.15, -0.1) is 0 Å². The highest BCUT2D eigenvalue weighted by molar-refractivity contribution is 5.71. The zero-order valence-corrected chi connectivity index (χ0v) is 12.5. The quantitative estimate of drug-likeness (QED) is 0.917. The second kappa shape index (κ2) is 5.30. The molecule has 6 nitrogen and oxygen atoms in total. The van der Waals surface area contributed by atoms with E-state index in [4.69, 9.17) is 4.74 Å². The van der Waals surface area contributed by atoms with E-state index in [1.165, 1.54) is 10.8 Å². The van der Waals surface area contributed by atoms with Gasteiger partial charge in [-0.3, -0.25) is 15.1 Å². The van der Waals surface area contributed by atoms with E-state index in [1.807, 2.05) is 12.1 Å². The molecule has 1 N–H and O–H groups in total. The third-order valence-electron chi connectivity index (χ3n) is 4.75. The first-order valence-corrected chi connectivity index (χ1v) is 7.60. The van der Waals surface area contributed by atoms with Crippen LogP contribution in [0.1, 0.15) is 6.42 Å². The Labute approximate surface area is 129 Å². The predicted octanol–water partition coefficient (Wildman–Crippen LogP) is 1.53. The molecule has 0 radical (unpaired) electrons. The lowest BCUT2D eigenvalue weighted by molar-refractivity contribution is -0.134. The summed E-state index contributed by atoms with van der Waals surface area (Å²) in [6, 6.07) is 9.10. The average Bonchev–Trinajstić information content (AvgIpc) is 3.16. The molecule has 3 aliphatic heterocycles. The van der Waals surface area contributed by atoms with Crippen molar-refractivity contribution in [1.29, 1.82) is 0 Å². The maximum absolute atomic E-state index is 9.97. The minimum Gasteiger partial charge on any atom is -0.497 e. The van der Waals surface area contributed by atoms with Gasteiger partial charge >= 0.3 is 0 Å². The van der Waals surface area contributed by atoms with Crippen LogP contribution in [-0.2, 0) is 0 Å². The van der Waals surface area contributed by atoms with Gasteiger partial charge in [-0.2, -0.15) is 0 Å². The molecule has 116 valence electrons. The second-order valence-corrected chi connectivity index (χ2v) is 5.96. The van der Waals surface area contributed by atoms with Gasteiger partial charge in [0.1, 0.15) is 5.75 Å². The summed E-state index contributed by atoms with van der Waals surface area (Å²) in [5.74, 6) is 0.890. The zero-order chi connectivity index (χ0) is 15.1. The van der Waals surface area contributed by atoms with E-state index in [-0.39, 0.29) is 6.29 Å². The van der Waals surface area contributed by atoms with Gasteiger partial charge in [-0.1, -0.05) is 6.07 Å². The molecule has 0 aliphatic carbocycles. The number of piperazine rings is 1. The molecule has 3 heterocycles. The maximum Gasteiger partial charge on any atom is 0.201 e. The number of rotatable bonds is 3. The number of benzene rings is 1. The number of hydrogen-bond acceptors (Lipinski definition) is 6. The van der Waals surface area contributed by atoms with Crippen LogP contribution in [-0.4, -0.2) is 60.0 Å². The van der Waals surface area contributed by atoms with Crippen molar-refractivity contribution in [2.45, 2.75) is 24.8 Å². The molecule has 0 spiro atoms. The monoisotopic (exact) mass is 300 g/mol. The second-order valence-electron chi connectivity index (χ2n) is 5.96. The number of nitrogens with zero attached hydrogens (tertiary/aromatic N) is 4. The largest absolute Gasteiger partial charge is 0.497 e. The van der Waals surface area contributed by atoms with E-state index < -0.39 is 0 Å². The summed E-state index contributed by atoms with van der Waals surface area (Å²) in [6.07, 6.45) is 5.98. The fourth-order valence-corrected chi connectivity index (χ4v) is 3.72. The van der Waals surface area contributed by atoms with Gasteiger partial charge in [0.05, 0.1) is 7.11 Å². The minimum absolute atomic E-state index is 0.285. The number of allylic oxidation sites excluding steroid dienone is 1. The Balaban J connectivity index is 1.50. The van der Waals surface area contributed by atoms with Crippen molar-refractivity contribution in [1.82, 2.24) is 9.96 Å². The molecule has 6 heteroatoms. The lowest BCUT2D eigenvalue weighted by Crippen LogP contribution is -2.54. The highest BCUT2D eigenvalue weighted by Gasteiger charge is 2.47. The molecule has 0 amide bonds. The van der Waals surface area contributed by atoms with Crippen LogP contribution < -0.4 is 9.64 Å². The summed E-state index contributed by atoms with van der Waals surface area (Å²) in [7, 11) is 1.70. The van der Waals surface area contributed by atoms with Crippen molar-refractivity contribution in [3.05, 3.63) is 36.5 Å². The molecule has 3 atom stereocenters. The summed E-state index contributed by atoms with van der Waals surface area (Å²) in [4.78, 5) is 9.11. The van der Waals surface area contributed by atoms with E-state index >= 15 is 0 Å². The maximum atomic E-state index is 9.97. The lowest BCUT2D eigenvalue weighted by Gasteiger charge is -2.40. The van der Waals surface area contributed by atoms with Crippen molar-refractivity contribution in [3.8, 4) is 5.75 Å².